The van der Waals surface area contributed by atoms with Gasteiger partial charge in [-0.05, 0) is 30.7 Å². The maximum absolute atomic E-state index is 6.16. The van der Waals surface area contributed by atoms with Crippen LogP contribution in [0, 0.1) is 0 Å². The number of ether oxygens (including phenoxy) is 1. The summed E-state index contributed by atoms with van der Waals surface area (Å²) >= 11 is 6.16. The fourth-order valence-corrected chi connectivity index (χ4v) is 2.15. The molecule has 1 atom stereocenters. The molecule has 0 heterocycles. The Morgan fingerprint density at radius 2 is 1.79 bits per heavy atom. The van der Waals surface area contributed by atoms with Crippen LogP contribution in [0.1, 0.15) is 24.1 Å². The Morgan fingerprint density at radius 1 is 1.11 bits per heavy atom. The van der Waals surface area contributed by atoms with Crippen molar-refractivity contribution in [2.45, 2.75) is 13.0 Å². The van der Waals surface area contributed by atoms with Crippen LogP contribution < -0.4 is 4.74 Å². The largest absolute Gasteiger partial charge is 0.496 e. The van der Waals surface area contributed by atoms with Crippen LogP contribution in [0.5, 0.6) is 5.75 Å². The van der Waals surface area contributed by atoms with E-state index in [9.17, 15) is 0 Å². The molecule has 19 heavy (non-hydrogen) atoms. The summed E-state index contributed by atoms with van der Waals surface area (Å²) in [6.45, 7) is 2.02. The SMILES string of the molecule is COc1ccccc1C=NC(C)c1ccccc1Cl. The van der Waals surface area contributed by atoms with E-state index in [0.717, 1.165) is 21.9 Å². The highest BCUT2D eigenvalue weighted by atomic mass is 35.5. The molecule has 0 fully saturated rings. The van der Waals surface area contributed by atoms with Crippen molar-refractivity contribution in [3.8, 4) is 5.75 Å². The summed E-state index contributed by atoms with van der Waals surface area (Å²) in [5.41, 5.74) is 1.99. The maximum atomic E-state index is 6.16. The third-order valence-electron chi connectivity index (χ3n) is 2.93. The van der Waals surface area contributed by atoms with E-state index in [1.807, 2.05) is 61.7 Å². The van der Waals surface area contributed by atoms with Gasteiger partial charge in [0.25, 0.3) is 0 Å². The molecule has 0 aliphatic heterocycles. The smallest absolute Gasteiger partial charge is 0.127 e. The fraction of sp³-hybridized carbons (Fsp3) is 0.188. The van der Waals surface area contributed by atoms with Crippen molar-refractivity contribution in [3.05, 3.63) is 64.7 Å². The summed E-state index contributed by atoms with van der Waals surface area (Å²) in [6.07, 6.45) is 1.83. The highest BCUT2D eigenvalue weighted by molar-refractivity contribution is 6.31. The van der Waals surface area contributed by atoms with Gasteiger partial charge in [0, 0.05) is 16.8 Å². The molecular weight excluding hydrogens is 258 g/mol. The first-order valence-corrected chi connectivity index (χ1v) is 6.51. The molecule has 0 aliphatic rings. The van der Waals surface area contributed by atoms with E-state index in [1.54, 1.807) is 7.11 Å². The molecule has 0 aromatic heterocycles. The van der Waals surface area contributed by atoms with Crippen molar-refractivity contribution in [3.63, 3.8) is 0 Å². The number of methoxy groups -OCH3 is 1. The number of hydrogen-bond donors (Lipinski definition) is 0. The molecule has 0 bridgehead atoms. The summed E-state index contributed by atoms with van der Waals surface area (Å²) in [7, 11) is 1.66. The van der Waals surface area contributed by atoms with E-state index in [4.69, 9.17) is 16.3 Å². The molecule has 0 spiro atoms. The van der Waals surface area contributed by atoms with Gasteiger partial charge in [-0.2, -0.15) is 0 Å². The predicted molar refractivity (Wildman–Crippen MR) is 80.5 cm³/mol. The van der Waals surface area contributed by atoms with Crippen LogP contribution >= 0.6 is 11.6 Å². The van der Waals surface area contributed by atoms with Crippen LogP contribution in [0.25, 0.3) is 0 Å². The lowest BCUT2D eigenvalue weighted by Gasteiger charge is -2.09. The Balaban J connectivity index is 2.21. The lowest BCUT2D eigenvalue weighted by atomic mass is 10.1. The summed E-state index contributed by atoms with van der Waals surface area (Å²) in [5.74, 6) is 0.817. The summed E-state index contributed by atoms with van der Waals surface area (Å²) in [4.78, 5) is 4.54. The van der Waals surface area contributed by atoms with Crippen molar-refractivity contribution >= 4 is 17.8 Å². The normalized spacial score (nSPS) is 12.6. The maximum Gasteiger partial charge on any atom is 0.127 e. The van der Waals surface area contributed by atoms with Crippen molar-refractivity contribution in [2.24, 2.45) is 4.99 Å². The molecule has 2 rings (SSSR count). The van der Waals surface area contributed by atoms with E-state index < -0.39 is 0 Å². The third-order valence-corrected chi connectivity index (χ3v) is 3.28. The number of nitrogens with zero attached hydrogens (tertiary/aromatic N) is 1. The molecule has 0 aliphatic carbocycles. The number of para-hydroxylation sites is 1. The van der Waals surface area contributed by atoms with Gasteiger partial charge < -0.3 is 4.74 Å². The van der Waals surface area contributed by atoms with Gasteiger partial charge >= 0.3 is 0 Å². The zero-order valence-corrected chi connectivity index (χ0v) is 11.8. The Labute approximate surface area is 118 Å². The average molecular weight is 274 g/mol. The molecule has 0 saturated heterocycles. The Bertz CT molecular complexity index is 580. The summed E-state index contributed by atoms with van der Waals surface area (Å²) < 4.78 is 5.29. The standard InChI is InChI=1S/C16H16ClNO/c1-12(14-8-4-5-9-15(14)17)18-11-13-7-3-6-10-16(13)19-2/h3-12H,1-2H3. The lowest BCUT2D eigenvalue weighted by Crippen LogP contribution is -1.94. The van der Waals surface area contributed by atoms with E-state index >= 15 is 0 Å². The number of benzene rings is 2. The monoisotopic (exact) mass is 273 g/mol. The number of rotatable bonds is 4. The molecular formula is C16H16ClNO. The van der Waals surface area contributed by atoms with Crippen LogP contribution in [0.3, 0.4) is 0 Å². The highest BCUT2D eigenvalue weighted by Gasteiger charge is 2.06. The molecule has 0 amide bonds. The number of hydrogen-bond acceptors (Lipinski definition) is 2. The van der Waals surface area contributed by atoms with E-state index in [2.05, 4.69) is 4.99 Å². The topological polar surface area (TPSA) is 21.6 Å². The van der Waals surface area contributed by atoms with Gasteiger partial charge in [0.1, 0.15) is 5.75 Å². The van der Waals surface area contributed by atoms with Crippen LogP contribution in [-0.4, -0.2) is 13.3 Å². The molecule has 1 unspecified atom stereocenters. The fourth-order valence-electron chi connectivity index (χ4n) is 1.86. The van der Waals surface area contributed by atoms with Gasteiger partial charge in [-0.25, -0.2) is 0 Å². The molecule has 0 radical (unpaired) electrons. The van der Waals surface area contributed by atoms with Gasteiger partial charge in [-0.3, -0.25) is 4.99 Å². The zero-order valence-electron chi connectivity index (χ0n) is 11.0. The number of halogens is 1. The first-order chi connectivity index (χ1) is 9.22. The summed E-state index contributed by atoms with van der Waals surface area (Å²) in [5, 5.41) is 0.743. The highest BCUT2D eigenvalue weighted by Crippen LogP contribution is 2.25. The average Bonchev–Trinajstić information content (AvgIpc) is 2.45. The van der Waals surface area contributed by atoms with Gasteiger partial charge in [0.2, 0.25) is 0 Å². The molecule has 98 valence electrons. The van der Waals surface area contributed by atoms with Crippen LogP contribution in [0.2, 0.25) is 5.02 Å². The van der Waals surface area contributed by atoms with E-state index in [0.29, 0.717) is 0 Å². The van der Waals surface area contributed by atoms with E-state index in [-0.39, 0.29) is 6.04 Å². The minimum Gasteiger partial charge on any atom is -0.496 e. The second-order valence-electron chi connectivity index (χ2n) is 4.22. The second kappa shape index (κ2) is 6.39. The Morgan fingerprint density at radius 3 is 2.53 bits per heavy atom. The van der Waals surface area contributed by atoms with Crippen molar-refractivity contribution in [1.29, 1.82) is 0 Å². The first-order valence-electron chi connectivity index (χ1n) is 6.13. The van der Waals surface area contributed by atoms with Crippen LogP contribution in [-0.2, 0) is 0 Å². The van der Waals surface area contributed by atoms with Gasteiger partial charge in [-0.15, -0.1) is 0 Å². The van der Waals surface area contributed by atoms with Crippen molar-refractivity contribution in [1.82, 2.24) is 0 Å². The van der Waals surface area contributed by atoms with E-state index in [1.165, 1.54) is 0 Å². The molecule has 3 heteroatoms. The minimum atomic E-state index is 0.0126. The quantitative estimate of drug-likeness (QED) is 0.750. The molecule has 0 saturated carbocycles. The lowest BCUT2D eigenvalue weighted by molar-refractivity contribution is 0.414. The number of aliphatic imine (C=N–C) groups is 1. The second-order valence-corrected chi connectivity index (χ2v) is 4.62. The minimum absolute atomic E-state index is 0.0126. The summed E-state index contributed by atoms with van der Waals surface area (Å²) in [6, 6.07) is 15.6. The van der Waals surface area contributed by atoms with Gasteiger partial charge in [-0.1, -0.05) is 41.9 Å². The van der Waals surface area contributed by atoms with Gasteiger partial charge in [0.05, 0.1) is 13.2 Å². The van der Waals surface area contributed by atoms with Crippen molar-refractivity contribution in [2.75, 3.05) is 7.11 Å². The Hall–Kier alpha value is -1.80. The Kier molecular flexibility index (Phi) is 4.58. The third kappa shape index (κ3) is 3.36. The zero-order chi connectivity index (χ0) is 13.7. The van der Waals surface area contributed by atoms with Gasteiger partial charge in [0.15, 0.2) is 0 Å². The molecule has 2 aromatic carbocycles. The van der Waals surface area contributed by atoms with Crippen LogP contribution in [0.15, 0.2) is 53.5 Å². The van der Waals surface area contributed by atoms with Crippen molar-refractivity contribution < 1.29 is 4.74 Å². The molecule has 2 nitrogen and oxygen atoms in total. The van der Waals surface area contributed by atoms with Crippen LogP contribution in [0.4, 0.5) is 0 Å². The predicted octanol–water partition coefficient (Wildman–Crippen LogP) is 4.53. The molecule has 0 N–H and O–H groups in total. The first kappa shape index (κ1) is 13.6. The molecule has 2 aromatic rings.